The van der Waals surface area contributed by atoms with Crippen LogP contribution in [0.4, 0.5) is 5.69 Å². The summed E-state index contributed by atoms with van der Waals surface area (Å²) in [6.07, 6.45) is 3.96. The van der Waals surface area contributed by atoms with Crippen LogP contribution < -0.4 is 14.8 Å². The van der Waals surface area contributed by atoms with E-state index in [1.54, 1.807) is 12.1 Å². The first kappa shape index (κ1) is 16.9. The standard InChI is InChI=1S/C18H15BrClNO3/c19-13-3-5-14(6-4-13)21-17(22)7-2-12-10-15(20)18-16(11-12)23-8-1-9-24-18/h2-7,10-11H,1,8-9H2,(H,21,22)/b7-2+. The van der Waals surface area contributed by atoms with Gasteiger partial charge in [-0.25, -0.2) is 0 Å². The third-order valence-corrected chi connectivity index (χ3v) is 4.17. The average molecular weight is 409 g/mol. The third-order valence-electron chi connectivity index (χ3n) is 3.36. The normalized spacial score (nSPS) is 13.6. The Balaban J connectivity index is 1.72. The van der Waals surface area contributed by atoms with Crippen LogP contribution in [-0.2, 0) is 4.79 Å². The number of halogens is 2. The van der Waals surface area contributed by atoms with E-state index in [2.05, 4.69) is 21.2 Å². The van der Waals surface area contributed by atoms with Crippen molar-refractivity contribution in [3.8, 4) is 11.5 Å². The quantitative estimate of drug-likeness (QED) is 0.734. The zero-order valence-corrected chi connectivity index (χ0v) is 15.1. The van der Waals surface area contributed by atoms with Crippen molar-refractivity contribution in [1.29, 1.82) is 0 Å². The molecule has 4 nitrogen and oxygen atoms in total. The topological polar surface area (TPSA) is 47.6 Å². The van der Waals surface area contributed by atoms with E-state index in [-0.39, 0.29) is 5.91 Å². The van der Waals surface area contributed by atoms with Gasteiger partial charge in [0.05, 0.1) is 18.2 Å². The van der Waals surface area contributed by atoms with E-state index in [0.29, 0.717) is 29.7 Å². The Morgan fingerprint density at radius 1 is 1.17 bits per heavy atom. The van der Waals surface area contributed by atoms with Gasteiger partial charge in [0.15, 0.2) is 11.5 Å². The Hall–Kier alpha value is -1.98. The molecule has 0 saturated heterocycles. The summed E-state index contributed by atoms with van der Waals surface area (Å²) in [5, 5.41) is 3.27. The lowest BCUT2D eigenvalue weighted by molar-refractivity contribution is -0.111. The van der Waals surface area contributed by atoms with E-state index in [1.807, 2.05) is 30.3 Å². The van der Waals surface area contributed by atoms with Gasteiger partial charge in [0.2, 0.25) is 5.91 Å². The fourth-order valence-corrected chi connectivity index (χ4v) is 2.77. The summed E-state index contributed by atoms with van der Waals surface area (Å²) in [6, 6.07) is 10.9. The number of hydrogen-bond acceptors (Lipinski definition) is 3. The summed E-state index contributed by atoms with van der Waals surface area (Å²) in [5.41, 5.74) is 1.50. The summed E-state index contributed by atoms with van der Waals surface area (Å²) in [5.74, 6) is 0.944. The number of rotatable bonds is 3. The Morgan fingerprint density at radius 2 is 1.92 bits per heavy atom. The van der Waals surface area contributed by atoms with Gasteiger partial charge in [0, 0.05) is 22.7 Å². The van der Waals surface area contributed by atoms with Crippen LogP contribution in [0.15, 0.2) is 46.9 Å². The Morgan fingerprint density at radius 3 is 2.71 bits per heavy atom. The number of benzene rings is 2. The van der Waals surface area contributed by atoms with Gasteiger partial charge in [-0.3, -0.25) is 4.79 Å². The lowest BCUT2D eigenvalue weighted by Gasteiger charge is -2.10. The molecular weight excluding hydrogens is 394 g/mol. The molecule has 1 aliphatic heterocycles. The predicted octanol–water partition coefficient (Wildman–Crippen LogP) is 4.92. The first-order chi connectivity index (χ1) is 11.6. The maximum Gasteiger partial charge on any atom is 0.248 e. The highest BCUT2D eigenvalue weighted by atomic mass is 79.9. The van der Waals surface area contributed by atoms with E-state index < -0.39 is 0 Å². The van der Waals surface area contributed by atoms with Gasteiger partial charge in [-0.2, -0.15) is 0 Å². The Kier molecular flexibility index (Phi) is 5.43. The second kappa shape index (κ2) is 7.73. The maximum atomic E-state index is 12.0. The molecule has 1 amide bonds. The SMILES string of the molecule is O=C(/C=C/c1cc(Cl)c2c(c1)OCCCO2)Nc1ccc(Br)cc1. The molecule has 0 fully saturated rings. The summed E-state index contributed by atoms with van der Waals surface area (Å²) < 4.78 is 12.2. The molecule has 2 aromatic carbocycles. The number of carbonyl (C=O) groups excluding carboxylic acids is 1. The molecule has 0 aliphatic carbocycles. The van der Waals surface area contributed by atoms with Gasteiger partial charge >= 0.3 is 0 Å². The van der Waals surface area contributed by atoms with Crippen LogP contribution in [0.5, 0.6) is 11.5 Å². The number of ether oxygens (including phenoxy) is 2. The minimum Gasteiger partial charge on any atom is -0.489 e. The van der Waals surface area contributed by atoms with Crippen molar-refractivity contribution in [1.82, 2.24) is 0 Å². The number of anilines is 1. The van der Waals surface area contributed by atoms with Crippen LogP contribution in [0, 0.1) is 0 Å². The number of nitrogens with one attached hydrogen (secondary N) is 1. The molecule has 0 atom stereocenters. The van der Waals surface area contributed by atoms with Crippen molar-refractivity contribution in [3.05, 3.63) is 57.5 Å². The largest absolute Gasteiger partial charge is 0.489 e. The zero-order chi connectivity index (χ0) is 16.9. The first-order valence-corrected chi connectivity index (χ1v) is 8.63. The molecule has 0 radical (unpaired) electrons. The van der Waals surface area contributed by atoms with E-state index >= 15 is 0 Å². The minimum atomic E-state index is -0.222. The fourth-order valence-electron chi connectivity index (χ4n) is 2.24. The monoisotopic (exact) mass is 407 g/mol. The van der Waals surface area contributed by atoms with Crippen LogP contribution in [-0.4, -0.2) is 19.1 Å². The summed E-state index contributed by atoms with van der Waals surface area (Å²) in [6.45, 7) is 1.16. The number of fused-ring (bicyclic) bond motifs is 1. The fraction of sp³-hybridized carbons (Fsp3) is 0.167. The van der Waals surface area contributed by atoms with Gasteiger partial charge in [-0.05, 0) is 48.0 Å². The van der Waals surface area contributed by atoms with Crippen molar-refractivity contribution in [2.75, 3.05) is 18.5 Å². The second-order valence-electron chi connectivity index (χ2n) is 5.21. The summed E-state index contributed by atoms with van der Waals surface area (Å²) in [7, 11) is 0. The molecule has 1 aliphatic rings. The molecule has 24 heavy (non-hydrogen) atoms. The number of amides is 1. The lowest BCUT2D eigenvalue weighted by Crippen LogP contribution is -2.07. The van der Waals surface area contributed by atoms with E-state index in [0.717, 1.165) is 22.1 Å². The Labute approximate surface area is 153 Å². The average Bonchev–Trinajstić information content (AvgIpc) is 2.81. The van der Waals surface area contributed by atoms with Crippen molar-refractivity contribution in [2.24, 2.45) is 0 Å². The molecule has 6 heteroatoms. The molecule has 0 aromatic heterocycles. The second-order valence-corrected chi connectivity index (χ2v) is 6.53. The molecule has 1 heterocycles. The van der Waals surface area contributed by atoms with E-state index in [1.165, 1.54) is 6.08 Å². The van der Waals surface area contributed by atoms with Gasteiger partial charge in [0.25, 0.3) is 0 Å². The Bertz CT molecular complexity index is 775. The highest BCUT2D eigenvalue weighted by Crippen LogP contribution is 2.38. The van der Waals surface area contributed by atoms with Gasteiger partial charge in [-0.1, -0.05) is 27.5 Å². The van der Waals surface area contributed by atoms with Crippen LogP contribution in [0.25, 0.3) is 6.08 Å². The third kappa shape index (κ3) is 4.30. The van der Waals surface area contributed by atoms with Crippen molar-refractivity contribution < 1.29 is 14.3 Å². The molecule has 0 bridgehead atoms. The molecule has 1 N–H and O–H groups in total. The van der Waals surface area contributed by atoms with Crippen molar-refractivity contribution in [3.63, 3.8) is 0 Å². The van der Waals surface area contributed by atoms with E-state index in [9.17, 15) is 4.79 Å². The van der Waals surface area contributed by atoms with Crippen molar-refractivity contribution >= 4 is 45.2 Å². The van der Waals surface area contributed by atoms with Gasteiger partial charge < -0.3 is 14.8 Å². The smallest absolute Gasteiger partial charge is 0.248 e. The zero-order valence-electron chi connectivity index (χ0n) is 12.7. The summed E-state index contributed by atoms with van der Waals surface area (Å²) in [4.78, 5) is 12.0. The molecule has 0 unspecified atom stereocenters. The molecule has 0 saturated carbocycles. The lowest BCUT2D eigenvalue weighted by atomic mass is 10.2. The maximum absolute atomic E-state index is 12.0. The van der Waals surface area contributed by atoms with Gasteiger partial charge in [-0.15, -0.1) is 0 Å². The molecule has 2 aromatic rings. The highest BCUT2D eigenvalue weighted by Gasteiger charge is 2.14. The van der Waals surface area contributed by atoms with Crippen LogP contribution in [0.3, 0.4) is 0 Å². The van der Waals surface area contributed by atoms with Crippen molar-refractivity contribution in [2.45, 2.75) is 6.42 Å². The highest BCUT2D eigenvalue weighted by molar-refractivity contribution is 9.10. The minimum absolute atomic E-state index is 0.222. The predicted molar refractivity (Wildman–Crippen MR) is 98.9 cm³/mol. The number of hydrogen-bond donors (Lipinski definition) is 1. The van der Waals surface area contributed by atoms with Crippen LogP contribution in [0.2, 0.25) is 5.02 Å². The number of carbonyl (C=O) groups is 1. The molecule has 0 spiro atoms. The first-order valence-electron chi connectivity index (χ1n) is 7.45. The summed E-state index contributed by atoms with van der Waals surface area (Å²) >= 11 is 9.59. The van der Waals surface area contributed by atoms with Crippen LogP contribution in [0.1, 0.15) is 12.0 Å². The molecular formula is C18H15BrClNO3. The molecule has 124 valence electrons. The van der Waals surface area contributed by atoms with Gasteiger partial charge in [0.1, 0.15) is 0 Å². The van der Waals surface area contributed by atoms with E-state index in [4.69, 9.17) is 21.1 Å². The van der Waals surface area contributed by atoms with Crippen LogP contribution >= 0.6 is 27.5 Å². The molecule has 3 rings (SSSR count).